The highest BCUT2D eigenvalue weighted by Gasteiger charge is 2.09. The fraction of sp³-hybridized carbons (Fsp3) is 0.400. The topological polar surface area (TPSA) is 184 Å². The zero-order valence-electron chi connectivity index (χ0n) is 17.5. The third kappa shape index (κ3) is 8.63. The predicted octanol–water partition coefficient (Wildman–Crippen LogP) is 1.54. The number of carboxylic acids is 2. The number of anilines is 1. The molecule has 0 atom stereocenters. The lowest BCUT2D eigenvalue weighted by molar-refractivity contribution is -0.159. The van der Waals surface area contributed by atoms with Crippen molar-refractivity contribution in [3.8, 4) is 17.6 Å². The normalized spacial score (nSPS) is 9.84. The first kappa shape index (κ1) is 25.3. The molecule has 11 heteroatoms. The second-order valence-electron chi connectivity index (χ2n) is 6.35. The number of nitrogens with two attached hydrogens (primary N) is 1. The Morgan fingerprint density at radius 3 is 2.48 bits per heavy atom. The molecule has 0 amide bonds. The zero-order chi connectivity index (χ0) is 23.2. The molecule has 0 spiro atoms. The van der Waals surface area contributed by atoms with Crippen molar-refractivity contribution in [1.82, 2.24) is 15.5 Å². The van der Waals surface area contributed by atoms with Crippen LogP contribution in [-0.4, -0.2) is 53.1 Å². The SMILES string of the molecule is COc1ccc(OC)c(CNCCCCCc2[nH]nc(N)c2C#N)c1.O=C(O)C(=O)O. The molecule has 0 bridgehead atoms. The van der Waals surface area contributed by atoms with Gasteiger partial charge in [0.25, 0.3) is 0 Å². The second-order valence-corrected chi connectivity index (χ2v) is 6.35. The summed E-state index contributed by atoms with van der Waals surface area (Å²) in [7, 11) is 3.33. The van der Waals surface area contributed by atoms with Gasteiger partial charge in [0.15, 0.2) is 5.82 Å². The monoisotopic (exact) mass is 433 g/mol. The fourth-order valence-electron chi connectivity index (χ4n) is 2.67. The average molecular weight is 433 g/mol. The highest BCUT2D eigenvalue weighted by molar-refractivity contribution is 6.27. The van der Waals surface area contributed by atoms with Crippen molar-refractivity contribution in [3.63, 3.8) is 0 Å². The molecular formula is C20H27N5O6. The van der Waals surface area contributed by atoms with Crippen LogP contribution >= 0.6 is 0 Å². The van der Waals surface area contributed by atoms with Gasteiger partial charge in [0.2, 0.25) is 0 Å². The van der Waals surface area contributed by atoms with E-state index < -0.39 is 11.9 Å². The Labute approximate surface area is 179 Å². The number of benzene rings is 1. The van der Waals surface area contributed by atoms with Crippen LogP contribution in [0.1, 0.15) is 36.1 Å². The number of aliphatic carboxylic acids is 2. The Morgan fingerprint density at radius 2 is 1.90 bits per heavy atom. The Kier molecular flexibility index (Phi) is 11.0. The molecule has 31 heavy (non-hydrogen) atoms. The first-order valence-electron chi connectivity index (χ1n) is 9.44. The summed E-state index contributed by atoms with van der Waals surface area (Å²) in [4.78, 5) is 18.2. The number of hydrogen-bond donors (Lipinski definition) is 5. The number of nitriles is 1. The van der Waals surface area contributed by atoms with E-state index in [9.17, 15) is 0 Å². The molecular weight excluding hydrogens is 406 g/mol. The van der Waals surface area contributed by atoms with Crippen LogP contribution in [0.4, 0.5) is 5.82 Å². The maximum absolute atomic E-state index is 9.10. The summed E-state index contributed by atoms with van der Waals surface area (Å²) in [6.07, 6.45) is 3.89. The van der Waals surface area contributed by atoms with Gasteiger partial charge in [-0.1, -0.05) is 6.42 Å². The van der Waals surface area contributed by atoms with Crippen molar-refractivity contribution in [2.45, 2.75) is 32.2 Å². The van der Waals surface area contributed by atoms with Crippen LogP contribution in [0, 0.1) is 11.3 Å². The van der Waals surface area contributed by atoms with E-state index in [1.807, 2.05) is 18.2 Å². The van der Waals surface area contributed by atoms with E-state index in [4.69, 9.17) is 40.3 Å². The second kappa shape index (κ2) is 13.4. The standard InChI is InChI=1S/C18H25N5O2.C2H2O4/c1-24-14-7-8-17(25-2)13(10-14)12-21-9-5-3-4-6-16-15(11-19)18(20)23-22-16;3-1(4)2(5)6/h7-8,10,21H,3-6,9,12H2,1-2H3,(H3,20,22,23);(H,3,4)(H,5,6). The average Bonchev–Trinajstić information content (AvgIpc) is 3.12. The van der Waals surface area contributed by atoms with E-state index in [2.05, 4.69) is 21.6 Å². The number of aromatic amines is 1. The van der Waals surface area contributed by atoms with Crippen molar-refractivity contribution < 1.29 is 29.3 Å². The minimum atomic E-state index is -1.82. The number of aromatic nitrogens is 2. The Balaban J connectivity index is 0.000000703. The summed E-state index contributed by atoms with van der Waals surface area (Å²) in [6, 6.07) is 7.88. The maximum atomic E-state index is 9.10. The molecule has 1 aromatic heterocycles. The number of carboxylic acid groups (broad SMARTS) is 2. The van der Waals surface area contributed by atoms with Crippen LogP contribution in [0.5, 0.6) is 11.5 Å². The fourth-order valence-corrected chi connectivity index (χ4v) is 2.67. The van der Waals surface area contributed by atoms with Gasteiger partial charge in [-0.3, -0.25) is 5.10 Å². The van der Waals surface area contributed by atoms with E-state index >= 15 is 0 Å². The molecule has 0 aliphatic heterocycles. The lowest BCUT2D eigenvalue weighted by atomic mass is 10.1. The Hall–Kier alpha value is -3.78. The lowest BCUT2D eigenvalue weighted by Gasteiger charge is -2.11. The molecule has 0 unspecified atom stereocenters. The number of methoxy groups -OCH3 is 2. The number of rotatable bonds is 10. The third-order valence-electron chi connectivity index (χ3n) is 4.25. The molecule has 0 aliphatic rings. The van der Waals surface area contributed by atoms with Crippen LogP contribution < -0.4 is 20.5 Å². The molecule has 1 aromatic carbocycles. The zero-order valence-corrected chi connectivity index (χ0v) is 17.5. The van der Waals surface area contributed by atoms with E-state index in [1.165, 1.54) is 0 Å². The van der Waals surface area contributed by atoms with Crippen LogP contribution in [0.15, 0.2) is 18.2 Å². The van der Waals surface area contributed by atoms with Gasteiger partial charge in [-0.15, -0.1) is 0 Å². The Morgan fingerprint density at radius 1 is 1.19 bits per heavy atom. The number of H-pyrrole nitrogens is 1. The van der Waals surface area contributed by atoms with Crippen molar-refractivity contribution in [2.24, 2.45) is 0 Å². The molecule has 0 aliphatic carbocycles. The van der Waals surface area contributed by atoms with Gasteiger partial charge in [0.1, 0.15) is 23.1 Å². The van der Waals surface area contributed by atoms with Crippen molar-refractivity contribution >= 4 is 17.8 Å². The molecule has 0 fully saturated rings. The molecule has 168 valence electrons. The minimum absolute atomic E-state index is 0.284. The molecule has 2 rings (SSSR count). The Bertz CT molecular complexity index is 894. The number of carbonyl (C=O) groups is 2. The van der Waals surface area contributed by atoms with Gasteiger partial charge >= 0.3 is 11.9 Å². The highest BCUT2D eigenvalue weighted by atomic mass is 16.5. The van der Waals surface area contributed by atoms with E-state index in [1.54, 1.807) is 14.2 Å². The van der Waals surface area contributed by atoms with Crippen molar-refractivity contribution in [1.29, 1.82) is 5.26 Å². The van der Waals surface area contributed by atoms with E-state index in [0.29, 0.717) is 5.56 Å². The number of hydrogen-bond acceptors (Lipinski definition) is 8. The van der Waals surface area contributed by atoms with Gasteiger partial charge in [-0.25, -0.2) is 9.59 Å². The summed E-state index contributed by atoms with van der Waals surface area (Å²) >= 11 is 0. The van der Waals surface area contributed by atoms with Gasteiger partial charge in [0, 0.05) is 12.1 Å². The highest BCUT2D eigenvalue weighted by Crippen LogP contribution is 2.23. The maximum Gasteiger partial charge on any atom is 0.414 e. The summed E-state index contributed by atoms with van der Waals surface area (Å²) in [5.41, 5.74) is 8.01. The first-order chi connectivity index (χ1) is 14.8. The number of ether oxygens (including phenoxy) is 2. The third-order valence-corrected chi connectivity index (χ3v) is 4.25. The van der Waals surface area contributed by atoms with Crippen molar-refractivity contribution in [2.75, 3.05) is 26.5 Å². The predicted molar refractivity (Wildman–Crippen MR) is 112 cm³/mol. The van der Waals surface area contributed by atoms with Gasteiger partial charge in [-0.05, 0) is 44.0 Å². The first-order valence-corrected chi connectivity index (χ1v) is 9.44. The molecule has 2 aromatic rings. The van der Waals surface area contributed by atoms with E-state index in [-0.39, 0.29) is 5.82 Å². The van der Waals surface area contributed by atoms with Crippen LogP contribution in [-0.2, 0) is 22.6 Å². The molecule has 1 heterocycles. The summed E-state index contributed by atoms with van der Waals surface area (Å²) in [5.74, 6) is -1.68. The van der Waals surface area contributed by atoms with Crippen LogP contribution in [0.25, 0.3) is 0 Å². The molecule has 6 N–H and O–H groups in total. The summed E-state index contributed by atoms with van der Waals surface area (Å²) < 4.78 is 10.6. The number of nitrogen functional groups attached to an aromatic ring is 1. The molecule has 11 nitrogen and oxygen atoms in total. The van der Waals surface area contributed by atoms with Crippen LogP contribution in [0.3, 0.4) is 0 Å². The molecule has 0 saturated heterocycles. The minimum Gasteiger partial charge on any atom is -0.497 e. The lowest BCUT2D eigenvalue weighted by Crippen LogP contribution is -2.15. The number of nitrogens with zero attached hydrogens (tertiary/aromatic N) is 2. The number of unbranched alkanes of at least 4 members (excludes halogenated alkanes) is 2. The van der Waals surface area contributed by atoms with Crippen molar-refractivity contribution in [3.05, 3.63) is 35.0 Å². The molecule has 0 saturated carbocycles. The summed E-state index contributed by atoms with van der Waals surface area (Å²) in [5, 5.41) is 33.9. The number of aryl methyl sites for hydroxylation is 1. The largest absolute Gasteiger partial charge is 0.497 e. The smallest absolute Gasteiger partial charge is 0.414 e. The van der Waals surface area contributed by atoms with Gasteiger partial charge < -0.3 is 30.7 Å². The van der Waals surface area contributed by atoms with Gasteiger partial charge in [-0.2, -0.15) is 10.4 Å². The quantitative estimate of drug-likeness (QED) is 0.272. The van der Waals surface area contributed by atoms with Crippen LogP contribution in [0.2, 0.25) is 0 Å². The van der Waals surface area contributed by atoms with E-state index in [0.717, 1.165) is 61.5 Å². The molecule has 0 radical (unpaired) electrons. The summed E-state index contributed by atoms with van der Waals surface area (Å²) in [6.45, 7) is 1.65. The number of nitrogens with one attached hydrogen (secondary N) is 2. The van der Waals surface area contributed by atoms with Gasteiger partial charge in [0.05, 0.1) is 19.9 Å².